The van der Waals surface area contributed by atoms with Gasteiger partial charge in [0.15, 0.2) is 0 Å². The Balaban J connectivity index is 2.48. The van der Waals surface area contributed by atoms with Crippen LogP contribution in [-0.2, 0) is 11.3 Å². The van der Waals surface area contributed by atoms with Crippen molar-refractivity contribution >= 4 is 23.1 Å². The van der Waals surface area contributed by atoms with Gasteiger partial charge in [-0.05, 0) is 12.1 Å². The molecule has 0 saturated carbocycles. The number of ether oxygens (including phenoxy) is 2. The van der Waals surface area contributed by atoms with Crippen molar-refractivity contribution in [3.8, 4) is 5.75 Å². The Hall–Kier alpha value is -1.29. The predicted molar refractivity (Wildman–Crippen MR) is 48.9 cm³/mol. The van der Waals surface area contributed by atoms with Crippen LogP contribution in [0, 0.1) is 0 Å². The first-order valence-corrected chi connectivity index (χ1v) is 3.90. The minimum atomic E-state index is 0.160. The zero-order valence-electron chi connectivity index (χ0n) is 6.24. The summed E-state index contributed by atoms with van der Waals surface area (Å²) in [5.41, 5.74) is 7.23. The molecule has 0 radical (unpaired) electrons. The summed E-state index contributed by atoms with van der Waals surface area (Å²) in [5.74, 6) is 0.700. The number of thiocarbonyl (C=S) groups is 1. The molecule has 2 N–H and O–H groups in total. The number of rotatable bonds is 0. The molecule has 1 aromatic carbocycles. The Morgan fingerprint density at radius 3 is 3.08 bits per heavy atom. The number of benzene rings is 1. The maximum atomic E-state index is 5.68. The molecule has 4 heteroatoms. The third kappa shape index (κ3) is 1.10. The fraction of sp³-hybridized carbons (Fsp3) is 0.125. The van der Waals surface area contributed by atoms with Crippen molar-refractivity contribution in [2.24, 2.45) is 0 Å². The molecule has 0 aromatic heterocycles. The maximum absolute atomic E-state index is 5.68. The van der Waals surface area contributed by atoms with Gasteiger partial charge in [-0.1, -0.05) is 6.07 Å². The molecular formula is C8H7NO2S. The Kier molecular flexibility index (Phi) is 1.62. The summed E-state index contributed by atoms with van der Waals surface area (Å²) in [4.78, 5) is 0. The molecule has 1 aliphatic heterocycles. The van der Waals surface area contributed by atoms with Gasteiger partial charge in [-0.3, -0.25) is 0 Å². The van der Waals surface area contributed by atoms with Gasteiger partial charge in [0.05, 0.1) is 5.56 Å². The second-order valence-electron chi connectivity index (χ2n) is 2.46. The van der Waals surface area contributed by atoms with Crippen LogP contribution in [0.2, 0.25) is 0 Å². The van der Waals surface area contributed by atoms with Crippen LogP contribution < -0.4 is 10.5 Å². The smallest absolute Gasteiger partial charge is 0.358 e. The number of nitrogen functional groups attached to an aromatic ring is 1. The fourth-order valence-corrected chi connectivity index (χ4v) is 1.23. The van der Waals surface area contributed by atoms with Gasteiger partial charge in [-0.2, -0.15) is 0 Å². The molecule has 0 bridgehead atoms. The van der Waals surface area contributed by atoms with Crippen LogP contribution in [0.15, 0.2) is 18.2 Å². The lowest BCUT2D eigenvalue weighted by atomic mass is 10.1. The summed E-state index contributed by atoms with van der Waals surface area (Å²) in [6.45, 7) is 0.404. The lowest BCUT2D eigenvalue weighted by molar-refractivity contribution is 0.211. The normalized spacial score (nSPS) is 14.5. The van der Waals surface area contributed by atoms with Crippen LogP contribution in [-0.4, -0.2) is 5.24 Å². The van der Waals surface area contributed by atoms with Crippen molar-refractivity contribution in [2.75, 3.05) is 5.73 Å². The highest BCUT2D eigenvalue weighted by molar-refractivity contribution is 7.79. The molecular weight excluding hydrogens is 174 g/mol. The molecule has 0 aliphatic carbocycles. The number of hydrogen-bond donors (Lipinski definition) is 1. The zero-order chi connectivity index (χ0) is 8.55. The first-order chi connectivity index (χ1) is 5.77. The van der Waals surface area contributed by atoms with Crippen LogP contribution in [0.4, 0.5) is 5.69 Å². The number of hydrogen-bond acceptors (Lipinski definition) is 4. The van der Waals surface area contributed by atoms with Crippen LogP contribution in [0.1, 0.15) is 5.56 Å². The monoisotopic (exact) mass is 181 g/mol. The molecule has 2 rings (SSSR count). The Morgan fingerprint density at radius 2 is 2.25 bits per heavy atom. The zero-order valence-corrected chi connectivity index (χ0v) is 7.06. The Morgan fingerprint density at radius 1 is 1.42 bits per heavy atom. The first-order valence-electron chi connectivity index (χ1n) is 3.49. The van der Waals surface area contributed by atoms with E-state index in [2.05, 4.69) is 0 Å². The lowest BCUT2D eigenvalue weighted by Crippen LogP contribution is -2.17. The second-order valence-corrected chi connectivity index (χ2v) is 2.80. The maximum Gasteiger partial charge on any atom is 0.358 e. The predicted octanol–water partition coefficient (Wildman–Crippen LogP) is 1.46. The molecule has 62 valence electrons. The third-order valence-corrected chi connectivity index (χ3v) is 1.90. The molecule has 1 aromatic rings. The average Bonchev–Trinajstić information content (AvgIpc) is 2.04. The van der Waals surface area contributed by atoms with E-state index in [0.717, 1.165) is 5.56 Å². The lowest BCUT2D eigenvalue weighted by Gasteiger charge is -2.18. The van der Waals surface area contributed by atoms with Gasteiger partial charge in [-0.25, -0.2) is 0 Å². The van der Waals surface area contributed by atoms with E-state index in [1.54, 1.807) is 6.07 Å². The van der Waals surface area contributed by atoms with E-state index in [1.165, 1.54) is 0 Å². The van der Waals surface area contributed by atoms with E-state index in [4.69, 9.17) is 27.4 Å². The molecule has 12 heavy (non-hydrogen) atoms. The van der Waals surface area contributed by atoms with Gasteiger partial charge in [-0.15, -0.1) is 0 Å². The molecule has 0 saturated heterocycles. The minimum absolute atomic E-state index is 0.160. The van der Waals surface area contributed by atoms with Crippen molar-refractivity contribution in [1.29, 1.82) is 0 Å². The summed E-state index contributed by atoms with van der Waals surface area (Å²) >= 11 is 4.74. The van der Waals surface area contributed by atoms with E-state index in [9.17, 15) is 0 Å². The summed E-state index contributed by atoms with van der Waals surface area (Å²) in [5, 5.41) is 0.160. The van der Waals surface area contributed by atoms with E-state index in [1.807, 2.05) is 12.1 Å². The number of nitrogens with two attached hydrogens (primary N) is 1. The standard InChI is InChI=1S/C8H7NO2S/c9-6-2-1-3-7-5(6)4-10-8(12)11-7/h1-3H,4,9H2. The molecule has 0 amide bonds. The van der Waals surface area contributed by atoms with Crippen molar-refractivity contribution in [3.05, 3.63) is 23.8 Å². The van der Waals surface area contributed by atoms with Gasteiger partial charge < -0.3 is 15.2 Å². The highest BCUT2D eigenvalue weighted by Crippen LogP contribution is 2.28. The molecule has 0 atom stereocenters. The second kappa shape index (κ2) is 2.64. The minimum Gasteiger partial charge on any atom is -0.451 e. The van der Waals surface area contributed by atoms with Crippen LogP contribution >= 0.6 is 12.2 Å². The molecule has 1 aliphatic rings. The van der Waals surface area contributed by atoms with Crippen molar-refractivity contribution < 1.29 is 9.47 Å². The number of fused-ring (bicyclic) bond motifs is 1. The van der Waals surface area contributed by atoms with Gasteiger partial charge in [0.1, 0.15) is 12.4 Å². The van der Waals surface area contributed by atoms with Crippen molar-refractivity contribution in [1.82, 2.24) is 0 Å². The first kappa shape index (κ1) is 7.36. The topological polar surface area (TPSA) is 44.5 Å². The molecule has 0 spiro atoms. The van der Waals surface area contributed by atoms with E-state index in [0.29, 0.717) is 18.0 Å². The molecule has 1 heterocycles. The summed E-state index contributed by atoms with van der Waals surface area (Å²) in [6, 6.07) is 5.45. The van der Waals surface area contributed by atoms with Crippen LogP contribution in [0.5, 0.6) is 5.75 Å². The van der Waals surface area contributed by atoms with E-state index < -0.39 is 0 Å². The average molecular weight is 181 g/mol. The highest BCUT2D eigenvalue weighted by atomic mass is 32.1. The summed E-state index contributed by atoms with van der Waals surface area (Å²) in [6.07, 6.45) is 0. The largest absolute Gasteiger partial charge is 0.451 e. The van der Waals surface area contributed by atoms with Gasteiger partial charge in [0.2, 0.25) is 0 Å². The number of anilines is 1. The van der Waals surface area contributed by atoms with Crippen LogP contribution in [0.3, 0.4) is 0 Å². The van der Waals surface area contributed by atoms with Crippen molar-refractivity contribution in [2.45, 2.75) is 6.61 Å². The Bertz CT molecular complexity index is 338. The van der Waals surface area contributed by atoms with Gasteiger partial charge in [0, 0.05) is 17.9 Å². The van der Waals surface area contributed by atoms with Crippen LogP contribution in [0.25, 0.3) is 0 Å². The van der Waals surface area contributed by atoms with E-state index in [-0.39, 0.29) is 5.24 Å². The fourth-order valence-electron chi connectivity index (χ4n) is 1.08. The van der Waals surface area contributed by atoms with Gasteiger partial charge in [0.25, 0.3) is 0 Å². The van der Waals surface area contributed by atoms with Gasteiger partial charge >= 0.3 is 5.24 Å². The van der Waals surface area contributed by atoms with Crippen molar-refractivity contribution in [3.63, 3.8) is 0 Å². The summed E-state index contributed by atoms with van der Waals surface area (Å²) < 4.78 is 10.2. The molecule has 0 fully saturated rings. The quantitative estimate of drug-likeness (QED) is 0.486. The highest BCUT2D eigenvalue weighted by Gasteiger charge is 2.16. The summed E-state index contributed by atoms with van der Waals surface area (Å²) in [7, 11) is 0. The van der Waals surface area contributed by atoms with E-state index >= 15 is 0 Å². The Labute approximate surface area is 75.1 Å². The third-order valence-electron chi connectivity index (χ3n) is 1.70. The molecule has 0 unspecified atom stereocenters. The molecule has 3 nitrogen and oxygen atoms in total. The SMILES string of the molecule is Nc1cccc2c1COC(=S)O2.